The maximum Gasteiger partial charge on any atom is 0.322 e. The first-order valence-electron chi connectivity index (χ1n) is 10.5. The van der Waals surface area contributed by atoms with Crippen molar-refractivity contribution in [3.8, 4) is 0 Å². The summed E-state index contributed by atoms with van der Waals surface area (Å²) in [4.78, 5) is 59.8. The zero-order valence-corrected chi connectivity index (χ0v) is 18.3. The van der Waals surface area contributed by atoms with E-state index in [9.17, 15) is 24.0 Å². The minimum atomic E-state index is -1.36. The molecule has 4 amide bonds. The predicted molar refractivity (Wildman–Crippen MR) is 119 cm³/mol. The number of carbonyl (C=O) groups is 5. The van der Waals surface area contributed by atoms with E-state index in [1.54, 1.807) is 24.3 Å². The lowest BCUT2D eigenvalue weighted by atomic mass is 10.0. The molecule has 0 spiro atoms. The van der Waals surface area contributed by atoms with Crippen molar-refractivity contribution in [1.82, 2.24) is 16.0 Å². The van der Waals surface area contributed by atoms with Gasteiger partial charge in [-0.3, -0.25) is 24.0 Å². The van der Waals surface area contributed by atoms with E-state index in [0.717, 1.165) is 5.56 Å². The average Bonchev–Trinajstić information content (AvgIpc) is 2.76. The van der Waals surface area contributed by atoms with Crippen molar-refractivity contribution < 1.29 is 29.1 Å². The number of nitrogens with one attached hydrogen (secondary N) is 3. The third-order valence-electron chi connectivity index (χ3n) is 4.67. The summed E-state index contributed by atoms with van der Waals surface area (Å²) in [5.74, 6) is -4.30. The van der Waals surface area contributed by atoms with Crippen molar-refractivity contribution in [3.05, 3.63) is 35.9 Å². The molecule has 0 aliphatic rings. The van der Waals surface area contributed by atoms with Crippen LogP contribution in [0.25, 0.3) is 0 Å². The Hall–Kier alpha value is -3.51. The molecule has 1 aromatic carbocycles. The summed E-state index contributed by atoms with van der Waals surface area (Å²) >= 11 is 0. The molecule has 12 nitrogen and oxygen atoms in total. The Kier molecular flexibility index (Phi) is 12.1. The molecular formula is C21H32N6O6. The van der Waals surface area contributed by atoms with Crippen molar-refractivity contribution in [3.63, 3.8) is 0 Å². The van der Waals surface area contributed by atoms with Crippen molar-refractivity contribution in [2.75, 3.05) is 13.1 Å². The van der Waals surface area contributed by atoms with Crippen LogP contribution in [0.5, 0.6) is 0 Å². The summed E-state index contributed by atoms with van der Waals surface area (Å²) in [5, 5.41) is 15.8. The van der Waals surface area contributed by atoms with Gasteiger partial charge in [-0.15, -0.1) is 0 Å². The standard InChI is InChI=1S/C21H32N6O6/c22-9-5-4-8-15(20(32)25-12-18(29)30)26-21(33)16(11-17(24)28)27-19(31)14(23)10-13-6-2-1-3-7-13/h1-3,6-7,14-16H,4-5,8-12,22-23H2,(H2,24,28)(H,25,32)(H,26,33)(H,27,31)(H,29,30). The Morgan fingerprint density at radius 3 is 2.12 bits per heavy atom. The normalized spacial score (nSPS) is 13.3. The molecule has 10 N–H and O–H groups in total. The maximum absolute atomic E-state index is 12.8. The molecule has 0 saturated heterocycles. The van der Waals surface area contributed by atoms with E-state index in [1.807, 2.05) is 6.07 Å². The monoisotopic (exact) mass is 464 g/mol. The fourth-order valence-corrected chi connectivity index (χ4v) is 2.97. The second-order valence-electron chi connectivity index (χ2n) is 7.49. The molecule has 12 heteroatoms. The molecule has 33 heavy (non-hydrogen) atoms. The van der Waals surface area contributed by atoms with Gasteiger partial charge in [-0.05, 0) is 37.8 Å². The largest absolute Gasteiger partial charge is 0.480 e. The quantitative estimate of drug-likeness (QED) is 0.140. The first kappa shape index (κ1) is 27.5. The van der Waals surface area contributed by atoms with Gasteiger partial charge in [-0.25, -0.2) is 0 Å². The van der Waals surface area contributed by atoms with Crippen LogP contribution in [0.2, 0.25) is 0 Å². The number of carbonyl (C=O) groups excluding carboxylic acids is 4. The molecule has 3 atom stereocenters. The fourth-order valence-electron chi connectivity index (χ4n) is 2.97. The lowest BCUT2D eigenvalue weighted by Gasteiger charge is -2.23. The van der Waals surface area contributed by atoms with Gasteiger partial charge in [0.15, 0.2) is 0 Å². The zero-order valence-electron chi connectivity index (χ0n) is 18.3. The summed E-state index contributed by atoms with van der Waals surface area (Å²) in [5.41, 5.74) is 17.4. The minimum absolute atomic E-state index is 0.180. The number of rotatable bonds is 15. The summed E-state index contributed by atoms with van der Waals surface area (Å²) in [6.07, 6.45) is 0.934. The van der Waals surface area contributed by atoms with Crippen molar-refractivity contribution in [2.24, 2.45) is 17.2 Å². The molecule has 0 aliphatic carbocycles. The number of hydrogen-bond acceptors (Lipinski definition) is 7. The number of primary amides is 1. The first-order valence-corrected chi connectivity index (χ1v) is 10.5. The summed E-state index contributed by atoms with van der Waals surface area (Å²) in [6, 6.07) is 5.56. The van der Waals surface area contributed by atoms with E-state index >= 15 is 0 Å². The van der Waals surface area contributed by atoms with E-state index in [2.05, 4.69) is 16.0 Å². The van der Waals surface area contributed by atoms with Crippen LogP contribution in [0.1, 0.15) is 31.2 Å². The Morgan fingerprint density at radius 1 is 0.909 bits per heavy atom. The average molecular weight is 465 g/mol. The number of aliphatic carboxylic acids is 1. The van der Waals surface area contributed by atoms with Crippen LogP contribution in [0.4, 0.5) is 0 Å². The van der Waals surface area contributed by atoms with Crippen LogP contribution in [0.3, 0.4) is 0 Å². The number of amides is 4. The number of hydrogen-bond donors (Lipinski definition) is 7. The molecule has 182 valence electrons. The molecular weight excluding hydrogens is 432 g/mol. The van der Waals surface area contributed by atoms with Gasteiger partial charge in [0.05, 0.1) is 12.5 Å². The molecule has 0 fully saturated rings. The molecule has 0 aliphatic heterocycles. The Labute approximate surface area is 191 Å². The zero-order chi connectivity index (χ0) is 24.8. The van der Waals surface area contributed by atoms with Crippen LogP contribution in [-0.2, 0) is 30.4 Å². The van der Waals surface area contributed by atoms with Crippen LogP contribution < -0.4 is 33.2 Å². The third kappa shape index (κ3) is 11.1. The van der Waals surface area contributed by atoms with E-state index in [4.69, 9.17) is 22.3 Å². The lowest BCUT2D eigenvalue weighted by molar-refractivity contribution is -0.138. The van der Waals surface area contributed by atoms with Gasteiger partial charge in [0.25, 0.3) is 0 Å². The smallest absolute Gasteiger partial charge is 0.322 e. The van der Waals surface area contributed by atoms with E-state index in [0.29, 0.717) is 19.4 Å². The maximum atomic E-state index is 12.8. The molecule has 1 aromatic rings. The number of carboxylic acids is 1. The highest BCUT2D eigenvalue weighted by Crippen LogP contribution is 2.05. The second kappa shape index (κ2) is 14.5. The second-order valence-corrected chi connectivity index (χ2v) is 7.49. The first-order chi connectivity index (χ1) is 15.6. The highest BCUT2D eigenvalue weighted by atomic mass is 16.4. The van der Waals surface area contributed by atoms with Gasteiger partial charge in [0.1, 0.15) is 18.6 Å². The van der Waals surface area contributed by atoms with Crippen molar-refractivity contribution in [2.45, 2.75) is 50.2 Å². The van der Waals surface area contributed by atoms with Crippen LogP contribution >= 0.6 is 0 Å². The molecule has 0 heterocycles. The predicted octanol–water partition coefficient (Wildman–Crippen LogP) is -2.27. The topological polar surface area (TPSA) is 220 Å². The van der Waals surface area contributed by atoms with Gasteiger partial charge >= 0.3 is 5.97 Å². The van der Waals surface area contributed by atoms with Gasteiger partial charge in [-0.1, -0.05) is 30.3 Å². The van der Waals surface area contributed by atoms with Crippen LogP contribution in [0, 0.1) is 0 Å². The summed E-state index contributed by atoms with van der Waals surface area (Å²) in [6.45, 7) is -0.255. The van der Waals surface area contributed by atoms with Gasteiger partial charge in [-0.2, -0.15) is 0 Å². The number of benzene rings is 1. The lowest BCUT2D eigenvalue weighted by Crippen LogP contribution is -2.57. The number of carboxylic acid groups (broad SMARTS) is 1. The highest BCUT2D eigenvalue weighted by molar-refractivity contribution is 5.95. The summed E-state index contributed by atoms with van der Waals surface area (Å²) < 4.78 is 0. The SMILES string of the molecule is NCCCCC(NC(=O)C(CC(N)=O)NC(=O)C(N)Cc1ccccc1)C(=O)NCC(=O)O. The molecule has 0 radical (unpaired) electrons. The minimum Gasteiger partial charge on any atom is -0.480 e. The third-order valence-corrected chi connectivity index (χ3v) is 4.67. The van der Waals surface area contributed by atoms with E-state index in [-0.39, 0.29) is 12.8 Å². The Balaban J connectivity index is 2.85. The summed E-state index contributed by atoms with van der Waals surface area (Å²) in [7, 11) is 0. The molecule has 1 rings (SSSR count). The van der Waals surface area contributed by atoms with Gasteiger partial charge in [0, 0.05) is 0 Å². The fraction of sp³-hybridized carbons (Fsp3) is 0.476. The number of unbranched alkanes of at least 4 members (excludes halogenated alkanes) is 1. The molecule has 3 unspecified atom stereocenters. The van der Waals surface area contributed by atoms with E-state index < -0.39 is 60.7 Å². The van der Waals surface area contributed by atoms with E-state index in [1.165, 1.54) is 0 Å². The molecule has 0 aromatic heterocycles. The molecule has 0 bridgehead atoms. The molecule has 0 saturated carbocycles. The number of nitrogens with two attached hydrogens (primary N) is 3. The van der Waals surface area contributed by atoms with Crippen molar-refractivity contribution in [1.29, 1.82) is 0 Å². The highest BCUT2D eigenvalue weighted by Gasteiger charge is 2.29. The Morgan fingerprint density at radius 2 is 1.55 bits per heavy atom. The van der Waals surface area contributed by atoms with Gasteiger partial charge in [0.2, 0.25) is 23.6 Å². The van der Waals surface area contributed by atoms with Crippen LogP contribution in [0.15, 0.2) is 30.3 Å². The van der Waals surface area contributed by atoms with Gasteiger partial charge < -0.3 is 38.3 Å². The van der Waals surface area contributed by atoms with Crippen molar-refractivity contribution >= 4 is 29.6 Å². The Bertz CT molecular complexity index is 819. The van der Waals surface area contributed by atoms with Crippen LogP contribution in [-0.4, -0.2) is 65.9 Å².